The molecule has 1 heterocycles. The zero-order valence-electron chi connectivity index (χ0n) is 9.14. The minimum Gasteiger partial charge on any atom is -0.497 e. The highest BCUT2D eigenvalue weighted by Gasteiger charge is 2.01. The molecule has 0 radical (unpaired) electrons. The summed E-state index contributed by atoms with van der Waals surface area (Å²) in [6.07, 6.45) is 1.47. The number of rotatable bonds is 3. The fourth-order valence-electron chi connectivity index (χ4n) is 1.23. The van der Waals surface area contributed by atoms with Crippen molar-refractivity contribution in [3.05, 3.63) is 36.6 Å². The predicted octanol–water partition coefficient (Wildman–Crippen LogP) is 2.49. The zero-order chi connectivity index (χ0) is 12.1. The fourth-order valence-corrected chi connectivity index (χ4v) is 1.45. The van der Waals surface area contributed by atoms with Gasteiger partial charge in [-0.3, -0.25) is 0 Å². The first-order valence-electron chi connectivity index (χ1n) is 4.90. The molecule has 1 aromatic heterocycles. The number of ether oxygens (including phenoxy) is 1. The van der Waals surface area contributed by atoms with Crippen LogP contribution in [0.3, 0.4) is 0 Å². The number of methoxy groups -OCH3 is 1. The first kappa shape index (κ1) is 11.4. The predicted molar refractivity (Wildman–Crippen MR) is 69.3 cm³/mol. The summed E-state index contributed by atoms with van der Waals surface area (Å²) in [5.74, 6) is 1.36. The molecule has 17 heavy (non-hydrogen) atoms. The molecule has 6 heteroatoms. The van der Waals surface area contributed by atoms with E-state index in [2.05, 4.69) is 20.3 Å². The van der Waals surface area contributed by atoms with Crippen LogP contribution >= 0.6 is 12.2 Å². The molecule has 2 N–H and O–H groups in total. The van der Waals surface area contributed by atoms with Gasteiger partial charge in [0, 0.05) is 11.8 Å². The third-order valence-corrected chi connectivity index (χ3v) is 2.23. The Morgan fingerprint density at radius 3 is 2.59 bits per heavy atom. The van der Waals surface area contributed by atoms with Gasteiger partial charge in [-0.1, -0.05) is 5.16 Å². The summed E-state index contributed by atoms with van der Waals surface area (Å²) in [5.41, 5.74) is 0.867. The summed E-state index contributed by atoms with van der Waals surface area (Å²) in [4.78, 5) is 0. The molecule has 0 saturated carbocycles. The minimum absolute atomic E-state index is 0.448. The molecule has 2 rings (SSSR count). The highest BCUT2D eigenvalue weighted by Crippen LogP contribution is 2.15. The Hall–Kier alpha value is -2.08. The fraction of sp³-hybridized carbons (Fsp3) is 0.0909. The lowest BCUT2D eigenvalue weighted by Crippen LogP contribution is -2.19. The Labute approximate surface area is 104 Å². The molecular formula is C11H11N3O2S. The van der Waals surface area contributed by atoms with Gasteiger partial charge < -0.3 is 19.9 Å². The highest BCUT2D eigenvalue weighted by atomic mass is 32.1. The summed E-state index contributed by atoms with van der Waals surface area (Å²) in [6, 6.07) is 9.12. The van der Waals surface area contributed by atoms with Crippen LogP contribution in [-0.4, -0.2) is 17.4 Å². The van der Waals surface area contributed by atoms with Crippen molar-refractivity contribution in [1.29, 1.82) is 0 Å². The van der Waals surface area contributed by atoms with Gasteiger partial charge in [0.15, 0.2) is 10.9 Å². The third-order valence-electron chi connectivity index (χ3n) is 2.03. The maximum atomic E-state index is 5.11. The number of anilines is 2. The number of thiocarbonyl (C=S) groups is 1. The van der Waals surface area contributed by atoms with E-state index in [0.29, 0.717) is 10.9 Å². The smallest absolute Gasteiger partial charge is 0.176 e. The summed E-state index contributed by atoms with van der Waals surface area (Å²) in [6.45, 7) is 0. The largest absolute Gasteiger partial charge is 0.497 e. The molecule has 0 spiro atoms. The van der Waals surface area contributed by atoms with Gasteiger partial charge in [0.2, 0.25) is 0 Å². The van der Waals surface area contributed by atoms with Crippen molar-refractivity contribution < 1.29 is 9.26 Å². The monoisotopic (exact) mass is 249 g/mol. The normalized spacial score (nSPS) is 9.71. The first-order chi connectivity index (χ1) is 8.28. The van der Waals surface area contributed by atoms with Crippen molar-refractivity contribution in [1.82, 2.24) is 5.16 Å². The second-order valence-corrected chi connectivity index (χ2v) is 3.60. The summed E-state index contributed by atoms with van der Waals surface area (Å²) >= 11 is 5.11. The van der Waals surface area contributed by atoms with Crippen LogP contribution in [0.2, 0.25) is 0 Å². The molecule has 2 aromatic rings. The van der Waals surface area contributed by atoms with E-state index < -0.39 is 0 Å². The average molecular weight is 249 g/mol. The number of aromatic nitrogens is 1. The summed E-state index contributed by atoms with van der Waals surface area (Å²) in [5, 5.41) is 10.0. The second-order valence-electron chi connectivity index (χ2n) is 3.19. The Balaban J connectivity index is 1.93. The summed E-state index contributed by atoms with van der Waals surface area (Å²) in [7, 11) is 1.62. The van der Waals surface area contributed by atoms with Gasteiger partial charge in [-0.15, -0.1) is 0 Å². The van der Waals surface area contributed by atoms with Crippen LogP contribution < -0.4 is 15.4 Å². The Morgan fingerprint density at radius 1 is 1.24 bits per heavy atom. The van der Waals surface area contributed by atoms with Gasteiger partial charge in [0.05, 0.1) is 7.11 Å². The maximum absolute atomic E-state index is 5.11. The topological polar surface area (TPSA) is 59.3 Å². The maximum Gasteiger partial charge on any atom is 0.176 e. The van der Waals surface area contributed by atoms with Crippen LogP contribution in [0.5, 0.6) is 5.75 Å². The van der Waals surface area contributed by atoms with Gasteiger partial charge in [-0.25, -0.2) is 0 Å². The average Bonchev–Trinajstić information content (AvgIpc) is 2.82. The number of benzene rings is 1. The molecular weight excluding hydrogens is 238 g/mol. The van der Waals surface area contributed by atoms with Crippen molar-refractivity contribution in [3.8, 4) is 5.75 Å². The van der Waals surface area contributed by atoms with Crippen LogP contribution in [0.25, 0.3) is 0 Å². The van der Waals surface area contributed by atoms with Crippen LogP contribution in [0.4, 0.5) is 11.5 Å². The van der Waals surface area contributed by atoms with Crippen molar-refractivity contribution in [3.63, 3.8) is 0 Å². The molecule has 0 saturated heterocycles. The van der Waals surface area contributed by atoms with Crippen LogP contribution in [0.15, 0.2) is 41.1 Å². The van der Waals surface area contributed by atoms with Crippen LogP contribution in [-0.2, 0) is 0 Å². The molecule has 1 aromatic carbocycles. The van der Waals surface area contributed by atoms with E-state index in [-0.39, 0.29) is 0 Å². The molecule has 0 aliphatic carbocycles. The van der Waals surface area contributed by atoms with E-state index in [1.807, 2.05) is 24.3 Å². The van der Waals surface area contributed by atoms with E-state index >= 15 is 0 Å². The van der Waals surface area contributed by atoms with E-state index in [4.69, 9.17) is 17.0 Å². The molecule has 0 aliphatic heterocycles. The molecule has 0 aliphatic rings. The van der Waals surface area contributed by atoms with Gasteiger partial charge >= 0.3 is 0 Å². The van der Waals surface area contributed by atoms with E-state index in [1.54, 1.807) is 13.2 Å². The molecule has 5 nitrogen and oxygen atoms in total. The van der Waals surface area contributed by atoms with Crippen molar-refractivity contribution >= 4 is 28.8 Å². The lowest BCUT2D eigenvalue weighted by molar-refractivity contribution is 0.415. The number of hydrogen-bond acceptors (Lipinski definition) is 4. The van der Waals surface area contributed by atoms with Crippen LogP contribution in [0, 0.1) is 0 Å². The van der Waals surface area contributed by atoms with Gasteiger partial charge in [0.25, 0.3) is 0 Å². The number of hydrogen-bond donors (Lipinski definition) is 2. The quantitative estimate of drug-likeness (QED) is 0.815. The summed E-state index contributed by atoms with van der Waals surface area (Å²) < 4.78 is 9.74. The molecule has 0 atom stereocenters. The van der Waals surface area contributed by atoms with Gasteiger partial charge in [-0.05, 0) is 36.5 Å². The van der Waals surface area contributed by atoms with Crippen molar-refractivity contribution in [2.75, 3.05) is 17.7 Å². The lowest BCUT2D eigenvalue weighted by atomic mass is 10.3. The Kier molecular flexibility index (Phi) is 3.56. The Morgan fingerprint density at radius 2 is 2.00 bits per heavy atom. The van der Waals surface area contributed by atoms with Gasteiger partial charge in [-0.2, -0.15) is 0 Å². The zero-order valence-corrected chi connectivity index (χ0v) is 9.95. The van der Waals surface area contributed by atoms with E-state index in [9.17, 15) is 0 Å². The molecule has 0 fully saturated rings. The van der Waals surface area contributed by atoms with E-state index in [1.165, 1.54) is 6.26 Å². The minimum atomic E-state index is 0.448. The molecule has 0 amide bonds. The SMILES string of the molecule is COc1ccc(NC(=S)Nc2ccon2)cc1. The number of nitrogens with one attached hydrogen (secondary N) is 2. The highest BCUT2D eigenvalue weighted by molar-refractivity contribution is 7.80. The number of nitrogens with zero attached hydrogens (tertiary/aromatic N) is 1. The van der Waals surface area contributed by atoms with Gasteiger partial charge in [0.1, 0.15) is 12.0 Å². The lowest BCUT2D eigenvalue weighted by Gasteiger charge is -2.08. The molecule has 88 valence electrons. The standard InChI is InChI=1S/C11H11N3O2S/c1-15-9-4-2-8(3-5-9)12-11(17)13-10-6-7-16-14-10/h2-7H,1H3,(H2,12,13,14,17). The van der Waals surface area contributed by atoms with Crippen LogP contribution in [0.1, 0.15) is 0 Å². The van der Waals surface area contributed by atoms with Crippen molar-refractivity contribution in [2.24, 2.45) is 0 Å². The second kappa shape index (κ2) is 5.31. The third kappa shape index (κ3) is 3.18. The molecule has 0 unspecified atom stereocenters. The first-order valence-corrected chi connectivity index (χ1v) is 5.31. The van der Waals surface area contributed by atoms with E-state index in [0.717, 1.165) is 11.4 Å². The molecule has 0 bridgehead atoms. The Bertz CT molecular complexity index is 482. The van der Waals surface area contributed by atoms with Crippen molar-refractivity contribution in [2.45, 2.75) is 0 Å².